The fraction of sp³-hybridized carbons (Fsp3) is 0.0909. The number of halogens is 1. The molecule has 0 aliphatic carbocycles. The fourth-order valence-corrected chi connectivity index (χ4v) is 2.44. The van der Waals surface area contributed by atoms with Crippen LogP contribution in [0.2, 0.25) is 5.02 Å². The maximum absolute atomic E-state index is 6.12. The molecule has 1 unspecified atom stereocenters. The van der Waals surface area contributed by atoms with Crippen molar-refractivity contribution in [3.05, 3.63) is 57.2 Å². The van der Waals surface area contributed by atoms with Gasteiger partial charge in [-0.2, -0.15) is 11.3 Å². The third-order valence-corrected chi connectivity index (χ3v) is 3.31. The second kappa shape index (κ2) is 4.77. The number of rotatable bonds is 3. The molecule has 0 radical (unpaired) electrons. The Bertz CT molecular complexity index is 428. The van der Waals surface area contributed by atoms with E-state index < -0.39 is 0 Å². The third kappa shape index (κ3) is 2.21. The van der Waals surface area contributed by atoms with Gasteiger partial charge in [-0.3, -0.25) is 5.84 Å². The number of thiophene rings is 1. The summed E-state index contributed by atoms with van der Waals surface area (Å²) in [4.78, 5) is 0. The summed E-state index contributed by atoms with van der Waals surface area (Å²) < 4.78 is 0. The predicted molar refractivity (Wildman–Crippen MR) is 64.9 cm³/mol. The van der Waals surface area contributed by atoms with Gasteiger partial charge in [-0.25, -0.2) is 5.43 Å². The molecule has 15 heavy (non-hydrogen) atoms. The molecule has 4 heteroatoms. The Morgan fingerprint density at radius 1 is 1.27 bits per heavy atom. The van der Waals surface area contributed by atoms with Gasteiger partial charge in [-0.1, -0.05) is 29.8 Å². The van der Waals surface area contributed by atoms with Crippen molar-refractivity contribution < 1.29 is 0 Å². The summed E-state index contributed by atoms with van der Waals surface area (Å²) in [7, 11) is 0. The van der Waals surface area contributed by atoms with Crippen molar-refractivity contribution in [2.24, 2.45) is 5.84 Å². The van der Waals surface area contributed by atoms with Gasteiger partial charge in [0.15, 0.2) is 0 Å². The Balaban J connectivity index is 2.40. The van der Waals surface area contributed by atoms with Crippen molar-refractivity contribution in [1.29, 1.82) is 0 Å². The minimum atomic E-state index is -0.0371. The molecular weight excluding hydrogens is 228 g/mol. The van der Waals surface area contributed by atoms with Gasteiger partial charge in [0.2, 0.25) is 0 Å². The molecule has 0 saturated heterocycles. The van der Waals surface area contributed by atoms with Gasteiger partial charge in [0.05, 0.1) is 6.04 Å². The Labute approximate surface area is 97.7 Å². The third-order valence-electron chi connectivity index (χ3n) is 2.26. The lowest BCUT2D eigenvalue weighted by atomic mass is 10.0. The maximum Gasteiger partial charge on any atom is 0.0732 e. The molecule has 1 aromatic heterocycles. The molecule has 1 aromatic carbocycles. The Hall–Kier alpha value is -0.870. The van der Waals surface area contributed by atoms with E-state index >= 15 is 0 Å². The molecule has 0 amide bonds. The van der Waals surface area contributed by atoms with Gasteiger partial charge >= 0.3 is 0 Å². The minimum Gasteiger partial charge on any atom is -0.271 e. The molecule has 2 nitrogen and oxygen atoms in total. The number of nitrogens with one attached hydrogen (secondary N) is 1. The van der Waals surface area contributed by atoms with E-state index in [4.69, 9.17) is 17.4 Å². The van der Waals surface area contributed by atoms with E-state index in [-0.39, 0.29) is 6.04 Å². The molecular formula is C11H11ClN2S. The Morgan fingerprint density at radius 2 is 2.07 bits per heavy atom. The van der Waals surface area contributed by atoms with E-state index in [2.05, 4.69) is 10.8 Å². The molecule has 0 spiro atoms. The molecule has 1 atom stereocenters. The molecule has 0 saturated carbocycles. The van der Waals surface area contributed by atoms with E-state index in [0.717, 1.165) is 16.1 Å². The molecule has 2 rings (SSSR count). The fourth-order valence-electron chi connectivity index (χ4n) is 1.51. The van der Waals surface area contributed by atoms with Crippen LogP contribution in [0.5, 0.6) is 0 Å². The lowest BCUT2D eigenvalue weighted by molar-refractivity contribution is 0.639. The zero-order valence-electron chi connectivity index (χ0n) is 7.98. The van der Waals surface area contributed by atoms with E-state index in [9.17, 15) is 0 Å². The normalized spacial score (nSPS) is 12.7. The smallest absolute Gasteiger partial charge is 0.0732 e. The van der Waals surface area contributed by atoms with E-state index in [0.29, 0.717) is 0 Å². The number of nitrogens with two attached hydrogens (primary N) is 1. The van der Waals surface area contributed by atoms with Crippen LogP contribution in [0.25, 0.3) is 0 Å². The quantitative estimate of drug-likeness (QED) is 0.637. The van der Waals surface area contributed by atoms with Gasteiger partial charge in [-0.15, -0.1) is 0 Å². The maximum atomic E-state index is 6.12. The van der Waals surface area contributed by atoms with Crippen LogP contribution in [-0.4, -0.2) is 0 Å². The Kier molecular flexibility index (Phi) is 3.38. The molecule has 1 heterocycles. The van der Waals surface area contributed by atoms with Crippen LogP contribution in [0.4, 0.5) is 0 Å². The van der Waals surface area contributed by atoms with Crippen molar-refractivity contribution in [1.82, 2.24) is 5.43 Å². The largest absolute Gasteiger partial charge is 0.271 e. The number of hydrogen-bond acceptors (Lipinski definition) is 3. The second-order valence-corrected chi connectivity index (χ2v) is 4.37. The highest BCUT2D eigenvalue weighted by atomic mass is 35.5. The average molecular weight is 239 g/mol. The van der Waals surface area contributed by atoms with Crippen LogP contribution in [0.15, 0.2) is 41.1 Å². The first-order valence-corrected chi connectivity index (χ1v) is 5.87. The van der Waals surface area contributed by atoms with Gasteiger partial charge in [0.1, 0.15) is 0 Å². The number of benzene rings is 1. The summed E-state index contributed by atoms with van der Waals surface area (Å²) in [5, 5.41) is 4.82. The summed E-state index contributed by atoms with van der Waals surface area (Å²) >= 11 is 7.77. The minimum absolute atomic E-state index is 0.0371. The van der Waals surface area contributed by atoms with Crippen LogP contribution in [0.1, 0.15) is 17.2 Å². The molecule has 0 aliphatic rings. The average Bonchev–Trinajstić information content (AvgIpc) is 2.75. The highest BCUT2D eigenvalue weighted by molar-refractivity contribution is 7.08. The molecule has 0 fully saturated rings. The van der Waals surface area contributed by atoms with Crippen molar-refractivity contribution >= 4 is 22.9 Å². The SMILES string of the molecule is NNC(c1ccsc1)c1ccccc1Cl. The van der Waals surface area contributed by atoms with Crippen LogP contribution in [0.3, 0.4) is 0 Å². The first-order valence-electron chi connectivity index (χ1n) is 4.55. The molecule has 78 valence electrons. The molecule has 0 aliphatic heterocycles. The zero-order chi connectivity index (χ0) is 10.7. The van der Waals surface area contributed by atoms with Crippen molar-refractivity contribution in [2.75, 3.05) is 0 Å². The standard InChI is InChI=1S/C11H11ClN2S/c12-10-4-2-1-3-9(10)11(14-13)8-5-6-15-7-8/h1-7,11,14H,13H2. The first kappa shape index (κ1) is 10.6. The van der Waals surface area contributed by atoms with Crippen LogP contribution in [0, 0.1) is 0 Å². The number of hydrazine groups is 1. The van der Waals surface area contributed by atoms with Gasteiger partial charge in [0.25, 0.3) is 0 Å². The van der Waals surface area contributed by atoms with E-state index in [1.807, 2.05) is 35.7 Å². The van der Waals surface area contributed by atoms with Crippen molar-refractivity contribution in [2.45, 2.75) is 6.04 Å². The van der Waals surface area contributed by atoms with Crippen LogP contribution in [-0.2, 0) is 0 Å². The topological polar surface area (TPSA) is 38.0 Å². The summed E-state index contributed by atoms with van der Waals surface area (Å²) in [6.07, 6.45) is 0. The predicted octanol–water partition coefficient (Wildman–Crippen LogP) is 2.95. The van der Waals surface area contributed by atoms with Crippen LogP contribution < -0.4 is 11.3 Å². The Morgan fingerprint density at radius 3 is 2.67 bits per heavy atom. The zero-order valence-corrected chi connectivity index (χ0v) is 9.55. The highest BCUT2D eigenvalue weighted by Gasteiger charge is 2.14. The van der Waals surface area contributed by atoms with Gasteiger partial charge in [0, 0.05) is 5.02 Å². The molecule has 0 bridgehead atoms. The molecule has 3 N–H and O–H groups in total. The second-order valence-electron chi connectivity index (χ2n) is 3.18. The summed E-state index contributed by atoms with van der Waals surface area (Å²) in [5.41, 5.74) is 4.92. The lowest BCUT2D eigenvalue weighted by Crippen LogP contribution is -2.28. The van der Waals surface area contributed by atoms with E-state index in [1.165, 1.54) is 0 Å². The van der Waals surface area contributed by atoms with Crippen molar-refractivity contribution in [3.63, 3.8) is 0 Å². The molecule has 2 aromatic rings. The van der Waals surface area contributed by atoms with E-state index in [1.54, 1.807) is 11.3 Å². The summed E-state index contributed by atoms with van der Waals surface area (Å²) in [6, 6.07) is 9.71. The lowest BCUT2D eigenvalue weighted by Gasteiger charge is -2.16. The van der Waals surface area contributed by atoms with Gasteiger partial charge < -0.3 is 0 Å². The van der Waals surface area contributed by atoms with Crippen LogP contribution >= 0.6 is 22.9 Å². The summed E-state index contributed by atoms with van der Waals surface area (Å²) in [6.45, 7) is 0. The van der Waals surface area contributed by atoms with Crippen molar-refractivity contribution in [3.8, 4) is 0 Å². The first-order chi connectivity index (χ1) is 7.33. The van der Waals surface area contributed by atoms with Gasteiger partial charge in [-0.05, 0) is 34.0 Å². The highest BCUT2D eigenvalue weighted by Crippen LogP contribution is 2.28. The number of hydrogen-bond donors (Lipinski definition) is 2. The summed E-state index contributed by atoms with van der Waals surface area (Å²) in [5.74, 6) is 5.56. The monoisotopic (exact) mass is 238 g/mol.